The number of rotatable bonds is 3. The highest BCUT2D eigenvalue weighted by molar-refractivity contribution is 5.95. The van der Waals surface area contributed by atoms with Crippen LogP contribution in [0.15, 0.2) is 77.7 Å². The third-order valence-corrected chi connectivity index (χ3v) is 5.86. The van der Waals surface area contributed by atoms with E-state index in [4.69, 9.17) is 0 Å². The normalized spacial score (nSPS) is 16.0. The second-order valence-corrected chi connectivity index (χ2v) is 7.77. The maximum atomic E-state index is 13.2. The van der Waals surface area contributed by atoms with Crippen molar-refractivity contribution in [1.29, 1.82) is 0 Å². The molecule has 4 aromatic rings. The van der Waals surface area contributed by atoms with Crippen molar-refractivity contribution in [2.45, 2.75) is 25.8 Å². The molecule has 1 amide bonds. The van der Waals surface area contributed by atoms with Crippen molar-refractivity contribution in [2.24, 2.45) is 0 Å². The van der Waals surface area contributed by atoms with Crippen LogP contribution in [0.1, 0.15) is 40.8 Å². The van der Waals surface area contributed by atoms with E-state index in [1.807, 2.05) is 60.4 Å². The quantitative estimate of drug-likeness (QED) is 0.511. The predicted octanol–water partition coefficient (Wildman–Crippen LogP) is 4.07. The van der Waals surface area contributed by atoms with Crippen LogP contribution in [0.25, 0.3) is 16.6 Å². The molecule has 0 saturated carbocycles. The fourth-order valence-corrected chi connectivity index (χ4v) is 4.36. The zero-order valence-corrected chi connectivity index (χ0v) is 17.2. The van der Waals surface area contributed by atoms with Gasteiger partial charge >= 0.3 is 0 Å². The van der Waals surface area contributed by atoms with Gasteiger partial charge in [0.15, 0.2) is 0 Å². The van der Waals surface area contributed by atoms with Crippen LogP contribution in [-0.4, -0.2) is 31.9 Å². The molecular formula is C25H22N4O2. The summed E-state index contributed by atoms with van der Waals surface area (Å²) in [5.41, 5.74) is 2.79. The minimum atomic E-state index is -0.114. The molecule has 1 atom stereocenters. The Morgan fingerprint density at radius 3 is 2.55 bits per heavy atom. The minimum Gasteiger partial charge on any atom is -0.330 e. The van der Waals surface area contributed by atoms with E-state index in [0.717, 1.165) is 25.1 Å². The first kappa shape index (κ1) is 19.2. The molecule has 0 bridgehead atoms. The smallest absolute Gasteiger partial charge is 0.265 e. The summed E-state index contributed by atoms with van der Waals surface area (Å²) in [5.74, 6) is 0.595. The Kier molecular flexibility index (Phi) is 4.82. The highest BCUT2D eigenvalue weighted by Gasteiger charge is 2.31. The Hall–Kier alpha value is -3.80. The summed E-state index contributed by atoms with van der Waals surface area (Å²) >= 11 is 0. The summed E-state index contributed by atoms with van der Waals surface area (Å²) in [6, 6.07) is 20.3. The second-order valence-electron chi connectivity index (χ2n) is 7.77. The molecule has 1 fully saturated rings. The Balaban J connectivity index is 1.46. The molecule has 6 heteroatoms. The maximum Gasteiger partial charge on any atom is 0.265 e. The number of amides is 1. The second kappa shape index (κ2) is 7.80. The summed E-state index contributed by atoms with van der Waals surface area (Å²) in [7, 11) is 0. The van der Waals surface area contributed by atoms with E-state index in [0.29, 0.717) is 28.0 Å². The monoisotopic (exact) mass is 410 g/mol. The first-order valence-corrected chi connectivity index (χ1v) is 10.4. The fourth-order valence-electron chi connectivity index (χ4n) is 4.36. The van der Waals surface area contributed by atoms with Gasteiger partial charge in [-0.1, -0.05) is 18.2 Å². The molecule has 154 valence electrons. The Morgan fingerprint density at radius 1 is 1.00 bits per heavy atom. The highest BCUT2D eigenvalue weighted by Crippen LogP contribution is 2.32. The summed E-state index contributed by atoms with van der Waals surface area (Å²) in [6.45, 7) is 2.53. The molecule has 2 aromatic carbocycles. The number of aromatic nitrogens is 3. The average molecular weight is 410 g/mol. The molecule has 6 nitrogen and oxygen atoms in total. The molecule has 3 heterocycles. The van der Waals surface area contributed by atoms with Gasteiger partial charge < -0.3 is 4.90 Å². The van der Waals surface area contributed by atoms with Crippen LogP contribution in [0.5, 0.6) is 0 Å². The van der Waals surface area contributed by atoms with Crippen LogP contribution in [0.2, 0.25) is 0 Å². The van der Waals surface area contributed by atoms with E-state index in [1.54, 1.807) is 29.0 Å². The number of fused-ring (bicyclic) bond motifs is 1. The summed E-state index contributed by atoms with van der Waals surface area (Å²) in [4.78, 5) is 37.1. The van der Waals surface area contributed by atoms with Gasteiger partial charge in [-0.2, -0.15) is 0 Å². The molecular weight excluding hydrogens is 388 g/mol. The molecule has 5 rings (SSSR count). The number of benzene rings is 2. The number of hydrogen-bond donors (Lipinski definition) is 0. The number of nitrogens with zero attached hydrogens (tertiary/aromatic N) is 4. The van der Waals surface area contributed by atoms with Gasteiger partial charge in [-0.15, -0.1) is 0 Å². The minimum absolute atomic E-state index is 0.00271. The Morgan fingerprint density at radius 2 is 1.77 bits per heavy atom. The van der Waals surface area contributed by atoms with Gasteiger partial charge in [-0.25, -0.2) is 4.98 Å². The standard InChI is InChI=1S/C25H22N4O2/c1-17-27-21-8-3-2-7-20(21)25(31)29(17)19-13-11-18(12-14-19)24(30)28-16-6-10-23(28)22-9-4-5-15-26-22/h2-5,7-9,11-15,23H,6,10,16H2,1H3. The third-order valence-electron chi connectivity index (χ3n) is 5.86. The van der Waals surface area contributed by atoms with Crippen molar-refractivity contribution in [3.8, 4) is 5.69 Å². The molecule has 0 aliphatic carbocycles. The number of aryl methyl sites for hydroxylation is 1. The zero-order chi connectivity index (χ0) is 21.4. The molecule has 31 heavy (non-hydrogen) atoms. The van der Waals surface area contributed by atoms with Crippen LogP contribution >= 0.6 is 0 Å². The van der Waals surface area contributed by atoms with E-state index in [1.165, 1.54) is 0 Å². The lowest BCUT2D eigenvalue weighted by atomic mass is 10.1. The average Bonchev–Trinajstić information content (AvgIpc) is 3.30. The van der Waals surface area contributed by atoms with Gasteiger partial charge in [0.2, 0.25) is 0 Å². The van der Waals surface area contributed by atoms with E-state index in [2.05, 4.69) is 9.97 Å². The molecule has 1 saturated heterocycles. The van der Waals surface area contributed by atoms with Gasteiger partial charge in [0, 0.05) is 18.3 Å². The first-order chi connectivity index (χ1) is 15.1. The molecule has 2 aromatic heterocycles. The van der Waals surface area contributed by atoms with Gasteiger partial charge in [0.1, 0.15) is 5.82 Å². The third kappa shape index (κ3) is 3.40. The first-order valence-electron chi connectivity index (χ1n) is 10.4. The lowest BCUT2D eigenvalue weighted by Crippen LogP contribution is -2.31. The summed E-state index contributed by atoms with van der Waals surface area (Å²) < 4.78 is 1.59. The molecule has 0 N–H and O–H groups in total. The number of carbonyl (C=O) groups is 1. The number of para-hydroxylation sites is 1. The Labute approximate surface area is 179 Å². The lowest BCUT2D eigenvalue weighted by molar-refractivity contribution is 0.0733. The van der Waals surface area contributed by atoms with E-state index in [-0.39, 0.29) is 17.5 Å². The number of carbonyl (C=O) groups excluding carboxylic acids is 1. The van der Waals surface area contributed by atoms with Crippen LogP contribution in [0.3, 0.4) is 0 Å². The SMILES string of the molecule is Cc1nc2ccccc2c(=O)n1-c1ccc(C(=O)N2CCCC2c2ccccn2)cc1. The zero-order valence-electron chi connectivity index (χ0n) is 17.2. The number of hydrogen-bond acceptors (Lipinski definition) is 4. The van der Waals surface area contributed by atoms with Gasteiger partial charge in [-0.05, 0) is 68.3 Å². The van der Waals surface area contributed by atoms with Gasteiger partial charge in [0.05, 0.1) is 28.3 Å². The van der Waals surface area contributed by atoms with Crippen molar-refractivity contribution < 1.29 is 4.79 Å². The topological polar surface area (TPSA) is 68.1 Å². The van der Waals surface area contributed by atoms with E-state index in [9.17, 15) is 9.59 Å². The molecule has 0 spiro atoms. The van der Waals surface area contributed by atoms with E-state index < -0.39 is 0 Å². The van der Waals surface area contributed by atoms with Gasteiger partial charge in [-0.3, -0.25) is 19.1 Å². The molecule has 1 aliphatic heterocycles. The van der Waals surface area contributed by atoms with Crippen LogP contribution in [0, 0.1) is 6.92 Å². The van der Waals surface area contributed by atoms with Crippen molar-refractivity contribution in [2.75, 3.05) is 6.54 Å². The molecule has 0 radical (unpaired) electrons. The van der Waals surface area contributed by atoms with Crippen molar-refractivity contribution in [3.63, 3.8) is 0 Å². The van der Waals surface area contributed by atoms with E-state index >= 15 is 0 Å². The molecule has 1 unspecified atom stereocenters. The van der Waals surface area contributed by atoms with Crippen molar-refractivity contribution in [1.82, 2.24) is 19.4 Å². The summed E-state index contributed by atoms with van der Waals surface area (Å²) in [6.07, 6.45) is 3.64. The van der Waals surface area contributed by atoms with Crippen LogP contribution < -0.4 is 5.56 Å². The largest absolute Gasteiger partial charge is 0.330 e. The predicted molar refractivity (Wildman–Crippen MR) is 119 cm³/mol. The fraction of sp³-hybridized carbons (Fsp3) is 0.200. The highest BCUT2D eigenvalue weighted by atomic mass is 16.2. The number of likely N-dealkylation sites (tertiary alicyclic amines) is 1. The van der Waals surface area contributed by atoms with Crippen LogP contribution in [-0.2, 0) is 0 Å². The molecule has 1 aliphatic rings. The summed E-state index contributed by atoms with van der Waals surface area (Å²) in [5, 5.41) is 0.573. The van der Waals surface area contributed by atoms with Crippen molar-refractivity contribution >= 4 is 16.8 Å². The Bertz CT molecular complexity index is 1310. The maximum absolute atomic E-state index is 13.2. The van der Waals surface area contributed by atoms with Crippen molar-refractivity contribution in [3.05, 3.63) is 100 Å². The number of pyridine rings is 1. The van der Waals surface area contributed by atoms with Gasteiger partial charge in [0.25, 0.3) is 11.5 Å². The lowest BCUT2D eigenvalue weighted by Gasteiger charge is -2.24. The van der Waals surface area contributed by atoms with Crippen LogP contribution in [0.4, 0.5) is 0 Å².